The Morgan fingerprint density at radius 1 is 1.13 bits per heavy atom. The van der Waals surface area contributed by atoms with E-state index in [2.05, 4.69) is 0 Å². The molecule has 1 atom stereocenters. The third-order valence-corrected chi connectivity index (χ3v) is 4.29. The monoisotopic (exact) mass is 329 g/mol. The Labute approximate surface area is 141 Å². The number of hydrogen-bond donors (Lipinski definition) is 0. The number of ether oxygens (including phenoxy) is 1. The van der Waals surface area contributed by atoms with Gasteiger partial charge in [0.25, 0.3) is 5.91 Å². The predicted molar refractivity (Wildman–Crippen MR) is 91.6 cm³/mol. The van der Waals surface area contributed by atoms with E-state index in [1.165, 1.54) is 0 Å². The molecule has 0 saturated carbocycles. The number of benzene rings is 2. The van der Waals surface area contributed by atoms with Gasteiger partial charge in [0.2, 0.25) is 0 Å². The summed E-state index contributed by atoms with van der Waals surface area (Å²) in [5, 5.41) is 0.703. The Balaban J connectivity index is 1.77. The fourth-order valence-electron chi connectivity index (χ4n) is 2.83. The number of hydrogen-bond acceptors (Lipinski definition) is 2. The first-order chi connectivity index (χ1) is 11.2. The summed E-state index contributed by atoms with van der Waals surface area (Å²) in [5.41, 5.74) is 1.77. The van der Waals surface area contributed by atoms with Gasteiger partial charge in [0.15, 0.2) is 0 Å². The van der Waals surface area contributed by atoms with Crippen LogP contribution < -0.4 is 0 Å². The van der Waals surface area contributed by atoms with E-state index in [0.717, 1.165) is 25.0 Å². The standard InChI is InChI=1S/C19H20ClNO2/c20-17-10-8-15(9-11-17)13-21(14-18-7-4-12-23-18)19(22)16-5-2-1-3-6-16/h1-3,5-6,8-11,18H,4,7,12-14H2. The summed E-state index contributed by atoms with van der Waals surface area (Å²) in [6, 6.07) is 17.0. The summed E-state index contributed by atoms with van der Waals surface area (Å²) < 4.78 is 5.71. The summed E-state index contributed by atoms with van der Waals surface area (Å²) in [6.07, 6.45) is 2.22. The van der Waals surface area contributed by atoms with E-state index in [9.17, 15) is 4.79 Å². The Morgan fingerprint density at radius 2 is 1.87 bits per heavy atom. The van der Waals surface area contributed by atoms with Gasteiger partial charge in [0, 0.05) is 30.3 Å². The average molecular weight is 330 g/mol. The van der Waals surface area contributed by atoms with E-state index < -0.39 is 0 Å². The molecule has 3 rings (SSSR count). The molecule has 0 N–H and O–H groups in total. The fraction of sp³-hybridized carbons (Fsp3) is 0.316. The number of halogens is 1. The Morgan fingerprint density at radius 3 is 2.52 bits per heavy atom. The highest BCUT2D eigenvalue weighted by atomic mass is 35.5. The Hall–Kier alpha value is -1.84. The summed E-state index contributed by atoms with van der Waals surface area (Å²) in [5.74, 6) is 0.0380. The molecule has 0 aromatic heterocycles. The van der Waals surface area contributed by atoms with Gasteiger partial charge >= 0.3 is 0 Å². The molecule has 4 heteroatoms. The van der Waals surface area contributed by atoms with Gasteiger partial charge in [0.05, 0.1) is 6.10 Å². The van der Waals surface area contributed by atoms with Gasteiger partial charge < -0.3 is 9.64 Å². The molecule has 23 heavy (non-hydrogen) atoms. The van der Waals surface area contributed by atoms with Gasteiger partial charge in [-0.15, -0.1) is 0 Å². The highest BCUT2D eigenvalue weighted by Crippen LogP contribution is 2.18. The normalized spacial score (nSPS) is 17.2. The minimum Gasteiger partial charge on any atom is -0.376 e. The summed E-state index contributed by atoms with van der Waals surface area (Å²) in [7, 11) is 0. The maximum Gasteiger partial charge on any atom is 0.254 e. The minimum absolute atomic E-state index is 0.0380. The third-order valence-electron chi connectivity index (χ3n) is 4.04. The van der Waals surface area contributed by atoms with E-state index in [0.29, 0.717) is 23.7 Å². The lowest BCUT2D eigenvalue weighted by Crippen LogP contribution is -2.36. The lowest BCUT2D eigenvalue weighted by Gasteiger charge is -2.26. The average Bonchev–Trinajstić information content (AvgIpc) is 3.09. The molecule has 1 saturated heterocycles. The molecule has 1 fully saturated rings. The quantitative estimate of drug-likeness (QED) is 0.824. The molecule has 2 aromatic carbocycles. The molecule has 0 aliphatic carbocycles. The zero-order chi connectivity index (χ0) is 16.1. The fourth-order valence-corrected chi connectivity index (χ4v) is 2.95. The van der Waals surface area contributed by atoms with Crippen LogP contribution in [0.2, 0.25) is 5.02 Å². The first kappa shape index (κ1) is 16.0. The third kappa shape index (κ3) is 4.34. The van der Waals surface area contributed by atoms with Crippen LogP contribution in [0.3, 0.4) is 0 Å². The number of nitrogens with zero attached hydrogens (tertiary/aromatic N) is 1. The molecule has 0 radical (unpaired) electrons. The van der Waals surface area contributed by atoms with E-state index in [-0.39, 0.29) is 12.0 Å². The first-order valence-electron chi connectivity index (χ1n) is 7.93. The first-order valence-corrected chi connectivity index (χ1v) is 8.30. The van der Waals surface area contributed by atoms with Crippen molar-refractivity contribution < 1.29 is 9.53 Å². The second kappa shape index (κ2) is 7.62. The van der Waals surface area contributed by atoms with Gasteiger partial charge in [-0.25, -0.2) is 0 Å². The topological polar surface area (TPSA) is 29.5 Å². The van der Waals surface area contributed by atoms with Crippen LogP contribution in [0.15, 0.2) is 54.6 Å². The van der Waals surface area contributed by atoms with Crippen molar-refractivity contribution in [1.82, 2.24) is 4.90 Å². The van der Waals surface area contributed by atoms with Crippen LogP contribution in [0.4, 0.5) is 0 Å². The van der Waals surface area contributed by atoms with Gasteiger partial charge in [-0.3, -0.25) is 4.79 Å². The van der Waals surface area contributed by atoms with Crippen molar-refractivity contribution in [2.75, 3.05) is 13.2 Å². The SMILES string of the molecule is O=C(c1ccccc1)N(Cc1ccc(Cl)cc1)CC1CCCO1. The Bertz CT molecular complexity index is 636. The molecule has 1 amide bonds. The van der Waals surface area contributed by atoms with E-state index in [1.54, 1.807) is 0 Å². The number of amides is 1. The molecule has 3 nitrogen and oxygen atoms in total. The molecule has 120 valence electrons. The van der Waals surface area contributed by atoms with Gasteiger partial charge in [0.1, 0.15) is 0 Å². The maximum absolute atomic E-state index is 12.8. The molecule has 0 spiro atoms. The molecule has 1 aliphatic heterocycles. The van der Waals surface area contributed by atoms with Crippen molar-refractivity contribution in [2.24, 2.45) is 0 Å². The summed E-state index contributed by atoms with van der Waals surface area (Å²) in [6.45, 7) is 1.97. The van der Waals surface area contributed by atoms with E-state index in [4.69, 9.17) is 16.3 Å². The smallest absolute Gasteiger partial charge is 0.254 e. The molecular weight excluding hydrogens is 310 g/mol. The highest BCUT2D eigenvalue weighted by molar-refractivity contribution is 6.30. The second-order valence-corrected chi connectivity index (χ2v) is 6.25. The van der Waals surface area contributed by atoms with Crippen molar-refractivity contribution >= 4 is 17.5 Å². The number of rotatable bonds is 5. The van der Waals surface area contributed by atoms with Crippen LogP contribution in [0.25, 0.3) is 0 Å². The van der Waals surface area contributed by atoms with Crippen molar-refractivity contribution in [2.45, 2.75) is 25.5 Å². The van der Waals surface area contributed by atoms with Crippen LogP contribution in [0, 0.1) is 0 Å². The second-order valence-electron chi connectivity index (χ2n) is 5.81. The lowest BCUT2D eigenvalue weighted by molar-refractivity contribution is 0.0507. The van der Waals surface area contributed by atoms with Crippen LogP contribution in [0.5, 0.6) is 0 Å². The van der Waals surface area contributed by atoms with Crippen LogP contribution >= 0.6 is 11.6 Å². The van der Waals surface area contributed by atoms with Crippen LogP contribution in [-0.2, 0) is 11.3 Å². The lowest BCUT2D eigenvalue weighted by atomic mass is 10.1. The van der Waals surface area contributed by atoms with Gasteiger partial charge in [-0.05, 0) is 42.7 Å². The minimum atomic E-state index is 0.0380. The molecule has 1 unspecified atom stereocenters. The van der Waals surface area contributed by atoms with Crippen LogP contribution in [0.1, 0.15) is 28.8 Å². The van der Waals surface area contributed by atoms with Crippen molar-refractivity contribution in [3.63, 3.8) is 0 Å². The summed E-state index contributed by atoms with van der Waals surface area (Å²) >= 11 is 5.94. The molecule has 1 heterocycles. The zero-order valence-corrected chi connectivity index (χ0v) is 13.7. The van der Waals surface area contributed by atoms with Gasteiger partial charge in [-0.2, -0.15) is 0 Å². The van der Waals surface area contributed by atoms with E-state index >= 15 is 0 Å². The van der Waals surface area contributed by atoms with Gasteiger partial charge in [-0.1, -0.05) is 41.9 Å². The van der Waals surface area contributed by atoms with Crippen LogP contribution in [-0.4, -0.2) is 30.1 Å². The number of carbonyl (C=O) groups is 1. The van der Waals surface area contributed by atoms with E-state index in [1.807, 2.05) is 59.5 Å². The molecule has 1 aliphatic rings. The largest absolute Gasteiger partial charge is 0.376 e. The predicted octanol–water partition coefficient (Wildman–Crippen LogP) is 4.16. The van der Waals surface area contributed by atoms with Crippen molar-refractivity contribution in [1.29, 1.82) is 0 Å². The Kier molecular flexibility index (Phi) is 5.31. The molecular formula is C19H20ClNO2. The number of carbonyl (C=O) groups excluding carboxylic acids is 1. The molecule has 0 bridgehead atoms. The summed E-state index contributed by atoms with van der Waals surface area (Å²) in [4.78, 5) is 14.7. The maximum atomic E-state index is 12.8. The molecule has 2 aromatic rings. The van der Waals surface area contributed by atoms with Crippen molar-refractivity contribution in [3.8, 4) is 0 Å². The van der Waals surface area contributed by atoms with Crippen molar-refractivity contribution in [3.05, 3.63) is 70.7 Å². The highest BCUT2D eigenvalue weighted by Gasteiger charge is 2.23. The zero-order valence-electron chi connectivity index (χ0n) is 13.0.